The van der Waals surface area contributed by atoms with Gasteiger partial charge in [0.1, 0.15) is 0 Å². The van der Waals surface area contributed by atoms with Gasteiger partial charge in [-0.15, -0.1) is 0 Å². The van der Waals surface area contributed by atoms with Gasteiger partial charge in [0.2, 0.25) is 0 Å². The fourth-order valence-electron chi connectivity index (χ4n) is 2.15. The quantitative estimate of drug-likeness (QED) is 0.286. The minimum absolute atomic E-state index is 0.0205. The SMILES string of the molecule is Cc1cccc(NC(=O)NC2CCOC2)c1/C(N)=N/O. The third kappa shape index (κ3) is 3.18. The number of carbonyl (C=O) groups is 1. The van der Waals surface area contributed by atoms with Crippen LogP contribution < -0.4 is 16.4 Å². The molecule has 1 unspecified atom stereocenters. The second-order valence-electron chi connectivity index (χ2n) is 4.64. The van der Waals surface area contributed by atoms with Gasteiger partial charge in [-0.1, -0.05) is 17.3 Å². The molecule has 0 aromatic heterocycles. The Morgan fingerprint density at radius 2 is 2.35 bits per heavy atom. The first-order valence-electron chi connectivity index (χ1n) is 6.34. The number of ether oxygens (including phenoxy) is 1. The molecule has 0 saturated carbocycles. The molecule has 108 valence electrons. The number of oxime groups is 1. The van der Waals surface area contributed by atoms with E-state index in [1.54, 1.807) is 12.1 Å². The number of amidine groups is 1. The molecule has 2 amide bonds. The van der Waals surface area contributed by atoms with Crippen LogP contribution in [-0.2, 0) is 4.74 Å². The second kappa shape index (κ2) is 6.25. The van der Waals surface area contributed by atoms with Crippen molar-refractivity contribution in [3.05, 3.63) is 29.3 Å². The maximum Gasteiger partial charge on any atom is 0.319 e. The van der Waals surface area contributed by atoms with E-state index in [9.17, 15) is 4.79 Å². The maximum atomic E-state index is 11.9. The molecule has 0 radical (unpaired) electrons. The molecule has 1 aliphatic rings. The van der Waals surface area contributed by atoms with Gasteiger partial charge in [-0.25, -0.2) is 4.79 Å². The van der Waals surface area contributed by atoms with Crippen molar-refractivity contribution < 1.29 is 14.7 Å². The number of hydrogen-bond acceptors (Lipinski definition) is 4. The van der Waals surface area contributed by atoms with Gasteiger partial charge in [-0.05, 0) is 25.0 Å². The summed E-state index contributed by atoms with van der Waals surface area (Å²) in [4.78, 5) is 11.9. The van der Waals surface area contributed by atoms with Crippen molar-refractivity contribution in [3.63, 3.8) is 0 Å². The van der Waals surface area contributed by atoms with E-state index < -0.39 is 0 Å². The van der Waals surface area contributed by atoms with Gasteiger partial charge in [-0.3, -0.25) is 0 Å². The highest BCUT2D eigenvalue weighted by molar-refractivity contribution is 6.06. The van der Waals surface area contributed by atoms with Crippen LogP contribution in [0.15, 0.2) is 23.4 Å². The van der Waals surface area contributed by atoms with Crippen molar-refractivity contribution in [3.8, 4) is 0 Å². The lowest BCUT2D eigenvalue weighted by molar-refractivity contribution is 0.189. The smallest absolute Gasteiger partial charge is 0.319 e. The number of nitrogens with two attached hydrogens (primary N) is 1. The molecule has 7 heteroatoms. The number of nitrogens with one attached hydrogen (secondary N) is 2. The summed E-state index contributed by atoms with van der Waals surface area (Å²) in [5.74, 6) is -0.0393. The van der Waals surface area contributed by atoms with Crippen LogP contribution >= 0.6 is 0 Å². The zero-order valence-corrected chi connectivity index (χ0v) is 11.2. The number of hydrogen-bond donors (Lipinski definition) is 4. The van der Waals surface area contributed by atoms with Crippen LogP contribution in [0.25, 0.3) is 0 Å². The lowest BCUT2D eigenvalue weighted by Crippen LogP contribution is -2.38. The van der Waals surface area contributed by atoms with Crippen molar-refractivity contribution in [2.75, 3.05) is 18.5 Å². The first-order chi connectivity index (χ1) is 9.61. The van der Waals surface area contributed by atoms with Crippen LogP contribution in [0, 0.1) is 6.92 Å². The third-order valence-corrected chi connectivity index (χ3v) is 3.15. The average molecular weight is 278 g/mol. The van der Waals surface area contributed by atoms with Crippen molar-refractivity contribution in [1.29, 1.82) is 0 Å². The number of carbonyl (C=O) groups excluding carboxylic acids is 1. The van der Waals surface area contributed by atoms with Gasteiger partial charge >= 0.3 is 6.03 Å². The van der Waals surface area contributed by atoms with Crippen LogP contribution in [0.4, 0.5) is 10.5 Å². The summed E-state index contributed by atoms with van der Waals surface area (Å²) in [5.41, 5.74) is 7.46. The molecule has 1 heterocycles. The van der Waals surface area contributed by atoms with Crippen molar-refractivity contribution in [2.45, 2.75) is 19.4 Å². The lowest BCUT2D eigenvalue weighted by Gasteiger charge is -2.15. The van der Waals surface area contributed by atoms with Crippen LogP contribution in [0.1, 0.15) is 17.5 Å². The fraction of sp³-hybridized carbons (Fsp3) is 0.385. The molecule has 1 aromatic carbocycles. The predicted molar refractivity (Wildman–Crippen MR) is 75.1 cm³/mol. The van der Waals surface area contributed by atoms with E-state index in [2.05, 4.69) is 15.8 Å². The molecule has 0 spiro atoms. The number of amides is 2. The van der Waals surface area contributed by atoms with Gasteiger partial charge in [0.05, 0.1) is 18.3 Å². The standard InChI is InChI=1S/C13H18N4O3/c1-8-3-2-4-10(11(8)12(14)17-19)16-13(18)15-9-5-6-20-7-9/h2-4,9,19H,5-7H2,1H3,(H2,14,17)(H2,15,16,18). The van der Waals surface area contributed by atoms with E-state index in [0.29, 0.717) is 24.5 Å². The Morgan fingerprint density at radius 3 is 3.00 bits per heavy atom. The van der Waals surface area contributed by atoms with Gasteiger partial charge in [0, 0.05) is 12.2 Å². The van der Waals surface area contributed by atoms with Crippen molar-refractivity contribution >= 4 is 17.6 Å². The van der Waals surface area contributed by atoms with Gasteiger partial charge in [-0.2, -0.15) is 0 Å². The molecule has 0 aliphatic carbocycles. The number of nitrogens with zero attached hydrogens (tertiary/aromatic N) is 1. The average Bonchev–Trinajstić information content (AvgIpc) is 2.91. The summed E-state index contributed by atoms with van der Waals surface area (Å²) in [6.07, 6.45) is 0.800. The molecule has 20 heavy (non-hydrogen) atoms. The molecule has 2 rings (SSSR count). The monoisotopic (exact) mass is 278 g/mol. The highest BCUT2D eigenvalue weighted by atomic mass is 16.5. The largest absolute Gasteiger partial charge is 0.409 e. The maximum absolute atomic E-state index is 11.9. The summed E-state index contributed by atoms with van der Waals surface area (Å²) >= 11 is 0. The first kappa shape index (κ1) is 14.1. The fourth-order valence-corrected chi connectivity index (χ4v) is 2.15. The van der Waals surface area contributed by atoms with Gasteiger partial charge < -0.3 is 26.3 Å². The van der Waals surface area contributed by atoms with Gasteiger partial charge in [0.25, 0.3) is 0 Å². The Bertz CT molecular complexity index is 524. The Balaban J connectivity index is 2.12. The van der Waals surface area contributed by atoms with Crippen LogP contribution in [0.5, 0.6) is 0 Å². The van der Waals surface area contributed by atoms with E-state index >= 15 is 0 Å². The van der Waals surface area contributed by atoms with Crippen LogP contribution in [0.2, 0.25) is 0 Å². The number of aryl methyl sites for hydroxylation is 1. The zero-order valence-electron chi connectivity index (χ0n) is 11.2. The number of urea groups is 1. The molecule has 1 saturated heterocycles. The Kier molecular flexibility index (Phi) is 4.41. The molecule has 7 nitrogen and oxygen atoms in total. The van der Waals surface area contributed by atoms with E-state index in [0.717, 1.165) is 12.0 Å². The number of rotatable bonds is 3. The van der Waals surface area contributed by atoms with E-state index in [1.807, 2.05) is 13.0 Å². The van der Waals surface area contributed by atoms with E-state index in [4.69, 9.17) is 15.7 Å². The second-order valence-corrected chi connectivity index (χ2v) is 4.64. The Labute approximate surface area is 116 Å². The minimum Gasteiger partial charge on any atom is -0.409 e. The van der Waals surface area contributed by atoms with E-state index in [1.165, 1.54) is 0 Å². The van der Waals surface area contributed by atoms with Crippen molar-refractivity contribution in [1.82, 2.24) is 5.32 Å². The molecule has 1 aliphatic heterocycles. The van der Waals surface area contributed by atoms with Crippen molar-refractivity contribution in [2.24, 2.45) is 10.9 Å². The number of anilines is 1. The summed E-state index contributed by atoms with van der Waals surface area (Å²) in [5, 5.41) is 17.3. The topological polar surface area (TPSA) is 109 Å². The summed E-state index contributed by atoms with van der Waals surface area (Å²) in [6.45, 7) is 3.00. The minimum atomic E-state index is -0.335. The normalized spacial score (nSPS) is 18.9. The Morgan fingerprint density at radius 1 is 1.55 bits per heavy atom. The van der Waals surface area contributed by atoms with E-state index in [-0.39, 0.29) is 17.9 Å². The zero-order chi connectivity index (χ0) is 14.5. The van der Waals surface area contributed by atoms with Gasteiger partial charge in [0.15, 0.2) is 5.84 Å². The molecule has 1 atom stereocenters. The lowest BCUT2D eigenvalue weighted by atomic mass is 10.1. The molecule has 1 fully saturated rings. The highest BCUT2D eigenvalue weighted by Crippen LogP contribution is 2.19. The summed E-state index contributed by atoms with van der Waals surface area (Å²) in [6, 6.07) is 5.00. The Hall–Kier alpha value is -2.28. The molecule has 5 N–H and O–H groups in total. The number of benzene rings is 1. The first-order valence-corrected chi connectivity index (χ1v) is 6.34. The molecule has 0 bridgehead atoms. The highest BCUT2D eigenvalue weighted by Gasteiger charge is 2.19. The third-order valence-electron chi connectivity index (χ3n) is 3.15. The van der Waals surface area contributed by atoms with Crippen LogP contribution in [0.3, 0.4) is 0 Å². The molecular formula is C13H18N4O3. The molecule has 1 aromatic rings. The summed E-state index contributed by atoms with van der Waals surface area (Å²) < 4.78 is 5.19. The van der Waals surface area contributed by atoms with Crippen LogP contribution in [-0.4, -0.2) is 36.3 Å². The predicted octanol–water partition coefficient (Wildman–Crippen LogP) is 1.000. The molecular weight excluding hydrogens is 260 g/mol. The summed E-state index contributed by atoms with van der Waals surface area (Å²) in [7, 11) is 0.